The molecule has 0 saturated carbocycles. The maximum Gasteiger partial charge on any atom is 0.338 e. The van der Waals surface area contributed by atoms with Crippen LogP contribution in [0.5, 0.6) is 0 Å². The van der Waals surface area contributed by atoms with E-state index in [0.717, 1.165) is 5.56 Å². The molecule has 0 saturated heterocycles. The highest BCUT2D eigenvalue weighted by atomic mass is 19.1. The lowest BCUT2D eigenvalue weighted by molar-refractivity contribution is 0.0526. The predicted molar refractivity (Wildman–Crippen MR) is 105 cm³/mol. The molecule has 0 unspecified atom stereocenters. The zero-order chi connectivity index (χ0) is 20.6. The summed E-state index contributed by atoms with van der Waals surface area (Å²) in [4.78, 5) is 23.8. The van der Waals surface area contributed by atoms with Gasteiger partial charge in [-0.2, -0.15) is 0 Å². The van der Waals surface area contributed by atoms with E-state index in [9.17, 15) is 14.0 Å². The van der Waals surface area contributed by atoms with Crippen molar-refractivity contribution in [1.82, 2.24) is 15.5 Å². The van der Waals surface area contributed by atoms with Crippen molar-refractivity contribution in [3.8, 4) is 0 Å². The van der Waals surface area contributed by atoms with Gasteiger partial charge in [0.05, 0.1) is 12.2 Å². The van der Waals surface area contributed by atoms with Gasteiger partial charge in [0.25, 0.3) is 5.91 Å². The van der Waals surface area contributed by atoms with Crippen molar-refractivity contribution in [2.45, 2.75) is 13.5 Å². The summed E-state index contributed by atoms with van der Waals surface area (Å²) in [5.74, 6) is -0.643. The second-order valence-electron chi connectivity index (χ2n) is 6.04. The van der Waals surface area contributed by atoms with Gasteiger partial charge in [-0.25, -0.2) is 9.18 Å². The Hall–Kier alpha value is -3.81. The summed E-state index contributed by atoms with van der Waals surface area (Å²) in [6, 6.07) is 15.8. The molecule has 0 fully saturated rings. The molecule has 0 aliphatic heterocycles. The first-order chi connectivity index (χ1) is 14.0. The third kappa shape index (κ3) is 5.58. The summed E-state index contributed by atoms with van der Waals surface area (Å²) in [5.41, 5.74) is 2.10. The molecule has 2 aromatic carbocycles. The number of ether oxygens (including phenoxy) is 1. The maximum atomic E-state index is 12.9. The average Bonchev–Trinajstić information content (AvgIpc) is 2.74. The quantitative estimate of drug-likeness (QED) is 0.596. The third-order valence-electron chi connectivity index (χ3n) is 3.93. The Morgan fingerprint density at radius 1 is 0.966 bits per heavy atom. The fraction of sp³-hybridized carbons (Fsp3) is 0.143. The molecule has 0 aliphatic rings. The van der Waals surface area contributed by atoms with Gasteiger partial charge in [0.2, 0.25) is 0 Å². The van der Waals surface area contributed by atoms with E-state index in [1.54, 1.807) is 55.5 Å². The van der Waals surface area contributed by atoms with Crippen LogP contribution in [0, 0.1) is 5.82 Å². The Morgan fingerprint density at radius 2 is 1.69 bits per heavy atom. The highest BCUT2D eigenvalue weighted by Crippen LogP contribution is 2.15. The SMILES string of the molecule is CCOC(=O)c1ccc(Nc2ccc(C(=O)NCc3ccc(F)cc3)nn2)cc1. The van der Waals surface area contributed by atoms with E-state index in [-0.39, 0.29) is 29.9 Å². The number of esters is 1. The first kappa shape index (κ1) is 19.9. The monoisotopic (exact) mass is 394 g/mol. The fourth-order valence-electron chi connectivity index (χ4n) is 2.45. The Balaban J connectivity index is 1.56. The number of rotatable bonds is 7. The molecule has 8 heteroatoms. The van der Waals surface area contributed by atoms with Crippen LogP contribution in [0.2, 0.25) is 0 Å². The molecular formula is C21H19FN4O3. The second-order valence-corrected chi connectivity index (χ2v) is 6.04. The van der Waals surface area contributed by atoms with Crippen molar-refractivity contribution < 1.29 is 18.7 Å². The maximum absolute atomic E-state index is 12.9. The Morgan fingerprint density at radius 3 is 2.31 bits per heavy atom. The Labute approximate surface area is 166 Å². The Kier molecular flexibility index (Phi) is 6.47. The number of halogens is 1. The Bertz CT molecular complexity index is 974. The highest BCUT2D eigenvalue weighted by Gasteiger charge is 2.09. The number of carbonyl (C=O) groups excluding carboxylic acids is 2. The molecule has 1 aromatic heterocycles. The molecule has 0 bridgehead atoms. The van der Waals surface area contributed by atoms with E-state index in [2.05, 4.69) is 20.8 Å². The first-order valence-corrected chi connectivity index (χ1v) is 8.95. The van der Waals surface area contributed by atoms with Gasteiger partial charge in [0, 0.05) is 12.2 Å². The van der Waals surface area contributed by atoms with Crippen molar-refractivity contribution in [3.05, 3.63) is 83.3 Å². The standard InChI is InChI=1S/C21H19FN4O3/c1-2-29-21(28)15-5-9-17(10-6-15)24-19-12-11-18(25-26-19)20(27)23-13-14-3-7-16(22)8-4-14/h3-12H,2,13H2,1H3,(H,23,27)(H,24,26). The largest absolute Gasteiger partial charge is 0.462 e. The van der Waals surface area contributed by atoms with Crippen LogP contribution in [0.4, 0.5) is 15.9 Å². The normalized spacial score (nSPS) is 10.3. The topological polar surface area (TPSA) is 93.2 Å². The van der Waals surface area contributed by atoms with Crippen molar-refractivity contribution in [2.24, 2.45) is 0 Å². The number of anilines is 2. The summed E-state index contributed by atoms with van der Waals surface area (Å²) in [6.07, 6.45) is 0. The molecule has 2 N–H and O–H groups in total. The number of nitrogens with one attached hydrogen (secondary N) is 2. The van der Waals surface area contributed by atoms with Crippen LogP contribution in [0.1, 0.15) is 33.3 Å². The number of amides is 1. The van der Waals surface area contributed by atoms with Crippen molar-refractivity contribution in [1.29, 1.82) is 0 Å². The summed E-state index contributed by atoms with van der Waals surface area (Å²) in [7, 11) is 0. The molecule has 3 rings (SSSR count). The molecule has 148 valence electrons. The van der Waals surface area contributed by atoms with E-state index in [1.165, 1.54) is 12.1 Å². The summed E-state index contributed by atoms with van der Waals surface area (Å²) in [6.45, 7) is 2.32. The second kappa shape index (κ2) is 9.41. The summed E-state index contributed by atoms with van der Waals surface area (Å²) < 4.78 is 17.8. The van der Waals surface area contributed by atoms with Gasteiger partial charge in [0.15, 0.2) is 11.5 Å². The molecule has 3 aromatic rings. The lowest BCUT2D eigenvalue weighted by Gasteiger charge is -2.07. The lowest BCUT2D eigenvalue weighted by atomic mass is 10.2. The molecule has 0 radical (unpaired) electrons. The van der Waals surface area contributed by atoms with Crippen molar-refractivity contribution >= 4 is 23.4 Å². The van der Waals surface area contributed by atoms with E-state index in [4.69, 9.17) is 4.74 Å². The van der Waals surface area contributed by atoms with Crippen LogP contribution in [0.15, 0.2) is 60.7 Å². The van der Waals surface area contributed by atoms with Gasteiger partial charge in [-0.05, 0) is 61.0 Å². The van der Waals surface area contributed by atoms with Gasteiger partial charge in [-0.1, -0.05) is 12.1 Å². The van der Waals surface area contributed by atoms with Gasteiger partial charge >= 0.3 is 5.97 Å². The molecule has 0 atom stereocenters. The molecule has 7 nitrogen and oxygen atoms in total. The molecular weight excluding hydrogens is 375 g/mol. The number of hydrogen-bond acceptors (Lipinski definition) is 6. The smallest absolute Gasteiger partial charge is 0.338 e. The zero-order valence-corrected chi connectivity index (χ0v) is 15.7. The number of benzene rings is 2. The third-order valence-corrected chi connectivity index (χ3v) is 3.93. The summed E-state index contributed by atoms with van der Waals surface area (Å²) >= 11 is 0. The van der Waals surface area contributed by atoms with Gasteiger partial charge in [0.1, 0.15) is 5.82 Å². The van der Waals surface area contributed by atoms with Crippen LogP contribution >= 0.6 is 0 Å². The van der Waals surface area contributed by atoms with E-state index >= 15 is 0 Å². The minimum atomic E-state index is -0.382. The van der Waals surface area contributed by atoms with Crippen LogP contribution in [0.25, 0.3) is 0 Å². The van der Waals surface area contributed by atoms with Crippen LogP contribution < -0.4 is 10.6 Å². The van der Waals surface area contributed by atoms with Crippen molar-refractivity contribution in [3.63, 3.8) is 0 Å². The van der Waals surface area contributed by atoms with Crippen molar-refractivity contribution in [2.75, 3.05) is 11.9 Å². The molecule has 0 aliphatic carbocycles. The minimum absolute atomic E-state index is 0.162. The molecule has 1 amide bonds. The number of aromatic nitrogens is 2. The first-order valence-electron chi connectivity index (χ1n) is 8.95. The van der Waals surface area contributed by atoms with E-state index in [0.29, 0.717) is 23.7 Å². The molecule has 1 heterocycles. The minimum Gasteiger partial charge on any atom is -0.462 e. The van der Waals surface area contributed by atoms with E-state index in [1.807, 2.05) is 0 Å². The van der Waals surface area contributed by atoms with Gasteiger partial charge in [-0.3, -0.25) is 4.79 Å². The number of hydrogen-bond donors (Lipinski definition) is 2. The van der Waals surface area contributed by atoms with Crippen LogP contribution in [-0.2, 0) is 11.3 Å². The number of carbonyl (C=O) groups is 2. The van der Waals surface area contributed by atoms with Gasteiger partial charge < -0.3 is 15.4 Å². The van der Waals surface area contributed by atoms with Gasteiger partial charge in [-0.15, -0.1) is 10.2 Å². The lowest BCUT2D eigenvalue weighted by Crippen LogP contribution is -2.24. The molecule has 0 spiro atoms. The van der Waals surface area contributed by atoms with Crippen LogP contribution in [-0.4, -0.2) is 28.7 Å². The fourth-order valence-corrected chi connectivity index (χ4v) is 2.45. The summed E-state index contributed by atoms with van der Waals surface area (Å²) in [5, 5.41) is 13.6. The molecule has 29 heavy (non-hydrogen) atoms. The average molecular weight is 394 g/mol. The van der Waals surface area contributed by atoms with E-state index < -0.39 is 0 Å². The number of nitrogens with zero attached hydrogens (tertiary/aromatic N) is 2. The van der Waals surface area contributed by atoms with Crippen LogP contribution in [0.3, 0.4) is 0 Å². The predicted octanol–water partition coefficient (Wildman–Crippen LogP) is 3.47. The highest BCUT2D eigenvalue weighted by molar-refractivity contribution is 5.92. The zero-order valence-electron chi connectivity index (χ0n) is 15.7.